The highest BCUT2D eigenvalue weighted by molar-refractivity contribution is 5.93. The zero-order chi connectivity index (χ0) is 16.0. The van der Waals surface area contributed by atoms with Gasteiger partial charge in [0, 0.05) is 23.8 Å². The predicted octanol–water partition coefficient (Wildman–Crippen LogP) is 3.51. The van der Waals surface area contributed by atoms with E-state index in [1.54, 1.807) is 19.1 Å². The van der Waals surface area contributed by atoms with Crippen molar-refractivity contribution in [2.75, 3.05) is 10.6 Å². The van der Waals surface area contributed by atoms with Crippen molar-refractivity contribution < 1.29 is 9.59 Å². The summed E-state index contributed by atoms with van der Waals surface area (Å²) in [7, 11) is 0. The van der Waals surface area contributed by atoms with E-state index in [9.17, 15) is 9.59 Å². The molecule has 0 aliphatic carbocycles. The second-order valence-electron chi connectivity index (χ2n) is 5.56. The van der Waals surface area contributed by atoms with Gasteiger partial charge >= 0.3 is 6.03 Å². The molecule has 0 heterocycles. The molecule has 0 radical (unpaired) electrons. The summed E-state index contributed by atoms with van der Waals surface area (Å²) in [5.41, 5.74) is 2.38. The van der Waals surface area contributed by atoms with Crippen LogP contribution in [0.4, 0.5) is 16.2 Å². The number of aryl methyl sites for hydroxylation is 1. The van der Waals surface area contributed by atoms with E-state index in [1.165, 1.54) is 0 Å². The topological polar surface area (TPSA) is 70.2 Å². The van der Waals surface area contributed by atoms with Gasteiger partial charge < -0.3 is 16.0 Å². The van der Waals surface area contributed by atoms with Crippen LogP contribution in [0.3, 0.4) is 0 Å². The van der Waals surface area contributed by atoms with Crippen molar-refractivity contribution in [3.63, 3.8) is 0 Å². The molecule has 5 nitrogen and oxygen atoms in total. The second kappa shape index (κ2) is 7.67. The van der Waals surface area contributed by atoms with Gasteiger partial charge in [0.25, 0.3) is 0 Å². The molecule has 0 spiro atoms. The molecule has 0 fully saturated rings. The number of carbonyl (C=O) groups excluding carboxylic acids is 2. The third-order valence-electron chi connectivity index (χ3n) is 3.44. The highest BCUT2D eigenvalue weighted by atomic mass is 16.2. The third-order valence-corrected chi connectivity index (χ3v) is 3.44. The van der Waals surface area contributed by atoms with Crippen LogP contribution in [0.25, 0.3) is 0 Å². The molecule has 0 aliphatic heterocycles. The number of carbonyl (C=O) groups is 2. The van der Waals surface area contributed by atoms with Crippen molar-refractivity contribution in [2.45, 2.75) is 47.1 Å². The van der Waals surface area contributed by atoms with Crippen LogP contribution in [-0.4, -0.2) is 18.0 Å². The van der Waals surface area contributed by atoms with Crippen molar-refractivity contribution in [2.24, 2.45) is 5.92 Å². The molecule has 0 bridgehead atoms. The van der Waals surface area contributed by atoms with Gasteiger partial charge in [-0.25, -0.2) is 4.79 Å². The zero-order valence-corrected chi connectivity index (χ0v) is 13.4. The first-order valence-electron chi connectivity index (χ1n) is 7.31. The smallest absolute Gasteiger partial charge is 0.319 e. The first-order valence-corrected chi connectivity index (χ1v) is 7.31. The van der Waals surface area contributed by atoms with Gasteiger partial charge in [-0.15, -0.1) is 0 Å². The molecule has 1 aromatic carbocycles. The molecule has 0 saturated heterocycles. The normalized spacial score (nSPS) is 11.9. The standard InChI is InChI=1S/C16H25N3O2/c1-6-15(20)19-14-8-7-13(9-11(14)4)18-16(21)17-12(5)10(2)3/h7-10,12H,6H2,1-5H3,(H,19,20)(H2,17,18,21). The van der Waals surface area contributed by atoms with Crippen molar-refractivity contribution in [1.29, 1.82) is 0 Å². The molecule has 116 valence electrons. The number of amides is 3. The first kappa shape index (κ1) is 17.0. The lowest BCUT2D eigenvalue weighted by atomic mass is 10.1. The summed E-state index contributed by atoms with van der Waals surface area (Å²) in [6.07, 6.45) is 0.439. The van der Waals surface area contributed by atoms with Crippen LogP contribution in [0.5, 0.6) is 0 Å². The second-order valence-corrected chi connectivity index (χ2v) is 5.56. The number of rotatable bonds is 5. The van der Waals surface area contributed by atoms with E-state index in [2.05, 4.69) is 29.8 Å². The minimum Gasteiger partial charge on any atom is -0.335 e. The van der Waals surface area contributed by atoms with E-state index in [0.29, 0.717) is 18.0 Å². The minimum atomic E-state index is -0.221. The van der Waals surface area contributed by atoms with Gasteiger partial charge in [0.1, 0.15) is 0 Å². The Kier molecular flexibility index (Phi) is 6.21. The summed E-state index contributed by atoms with van der Waals surface area (Å²) < 4.78 is 0. The average Bonchev–Trinajstić information content (AvgIpc) is 2.41. The SMILES string of the molecule is CCC(=O)Nc1ccc(NC(=O)NC(C)C(C)C)cc1C. The van der Waals surface area contributed by atoms with E-state index in [-0.39, 0.29) is 18.0 Å². The Morgan fingerprint density at radius 3 is 2.33 bits per heavy atom. The molecular weight excluding hydrogens is 266 g/mol. The van der Waals surface area contributed by atoms with E-state index >= 15 is 0 Å². The van der Waals surface area contributed by atoms with Crippen LogP contribution >= 0.6 is 0 Å². The summed E-state index contributed by atoms with van der Waals surface area (Å²) in [6, 6.07) is 5.29. The van der Waals surface area contributed by atoms with Crippen LogP contribution < -0.4 is 16.0 Å². The van der Waals surface area contributed by atoms with Crippen LogP contribution in [0.2, 0.25) is 0 Å². The maximum absolute atomic E-state index is 11.9. The Bertz CT molecular complexity index is 512. The molecular formula is C16H25N3O2. The predicted molar refractivity (Wildman–Crippen MR) is 86.6 cm³/mol. The van der Waals surface area contributed by atoms with Gasteiger partial charge in [0.2, 0.25) is 5.91 Å². The van der Waals surface area contributed by atoms with Gasteiger partial charge in [-0.2, -0.15) is 0 Å². The lowest BCUT2D eigenvalue weighted by Crippen LogP contribution is -2.39. The first-order chi connectivity index (χ1) is 9.83. The van der Waals surface area contributed by atoms with Gasteiger partial charge in [-0.1, -0.05) is 20.8 Å². The number of hydrogen-bond donors (Lipinski definition) is 3. The van der Waals surface area contributed by atoms with Crippen molar-refractivity contribution in [1.82, 2.24) is 5.32 Å². The molecule has 1 aromatic rings. The Labute approximate surface area is 126 Å². The fraction of sp³-hybridized carbons (Fsp3) is 0.500. The Hall–Kier alpha value is -2.04. The Morgan fingerprint density at radius 2 is 1.81 bits per heavy atom. The molecule has 1 atom stereocenters. The maximum atomic E-state index is 11.9. The Balaban J connectivity index is 2.67. The molecule has 3 N–H and O–H groups in total. The monoisotopic (exact) mass is 291 g/mol. The lowest BCUT2D eigenvalue weighted by Gasteiger charge is -2.18. The zero-order valence-electron chi connectivity index (χ0n) is 13.4. The number of benzene rings is 1. The molecule has 21 heavy (non-hydrogen) atoms. The Morgan fingerprint density at radius 1 is 1.14 bits per heavy atom. The molecule has 0 aromatic heterocycles. The van der Waals surface area contributed by atoms with E-state index in [0.717, 1.165) is 11.3 Å². The van der Waals surface area contributed by atoms with Crippen LogP contribution in [0.15, 0.2) is 18.2 Å². The fourth-order valence-corrected chi connectivity index (χ4v) is 1.66. The van der Waals surface area contributed by atoms with Gasteiger partial charge in [0.05, 0.1) is 0 Å². The van der Waals surface area contributed by atoms with Crippen LogP contribution in [0, 0.1) is 12.8 Å². The molecule has 1 rings (SSSR count). The highest BCUT2D eigenvalue weighted by Crippen LogP contribution is 2.20. The summed E-state index contributed by atoms with van der Waals surface area (Å²) in [5.74, 6) is 0.353. The van der Waals surface area contributed by atoms with Crippen LogP contribution in [0.1, 0.15) is 39.7 Å². The van der Waals surface area contributed by atoms with Crippen LogP contribution in [-0.2, 0) is 4.79 Å². The van der Waals surface area contributed by atoms with Crippen molar-refractivity contribution in [3.05, 3.63) is 23.8 Å². The largest absolute Gasteiger partial charge is 0.335 e. The van der Waals surface area contributed by atoms with Gasteiger partial charge in [0.15, 0.2) is 0 Å². The van der Waals surface area contributed by atoms with E-state index < -0.39 is 0 Å². The number of nitrogens with one attached hydrogen (secondary N) is 3. The quantitative estimate of drug-likeness (QED) is 0.777. The lowest BCUT2D eigenvalue weighted by molar-refractivity contribution is -0.115. The summed E-state index contributed by atoms with van der Waals surface area (Å²) >= 11 is 0. The number of anilines is 2. The highest BCUT2D eigenvalue weighted by Gasteiger charge is 2.11. The average molecular weight is 291 g/mol. The fourth-order valence-electron chi connectivity index (χ4n) is 1.66. The number of hydrogen-bond acceptors (Lipinski definition) is 2. The van der Waals surface area contributed by atoms with E-state index in [4.69, 9.17) is 0 Å². The minimum absolute atomic E-state index is 0.0256. The van der Waals surface area contributed by atoms with Crippen molar-refractivity contribution >= 4 is 23.3 Å². The maximum Gasteiger partial charge on any atom is 0.319 e. The summed E-state index contributed by atoms with van der Waals surface area (Å²) in [4.78, 5) is 23.2. The molecule has 5 heteroatoms. The summed E-state index contributed by atoms with van der Waals surface area (Å²) in [6.45, 7) is 9.78. The van der Waals surface area contributed by atoms with Crippen molar-refractivity contribution in [3.8, 4) is 0 Å². The van der Waals surface area contributed by atoms with Gasteiger partial charge in [-0.05, 0) is 43.5 Å². The third kappa shape index (κ3) is 5.45. The van der Waals surface area contributed by atoms with Gasteiger partial charge in [-0.3, -0.25) is 4.79 Å². The molecule has 3 amide bonds. The number of urea groups is 1. The summed E-state index contributed by atoms with van der Waals surface area (Å²) in [5, 5.41) is 8.50. The molecule has 1 unspecified atom stereocenters. The van der Waals surface area contributed by atoms with E-state index in [1.807, 2.05) is 19.9 Å². The molecule has 0 saturated carbocycles. The molecule has 0 aliphatic rings.